The Hall–Kier alpha value is -1.37. The number of ketones is 1. The molecule has 0 aromatic heterocycles. The van der Waals surface area contributed by atoms with Gasteiger partial charge < -0.3 is 5.32 Å². The first kappa shape index (κ1) is 9.72. The largest absolute Gasteiger partial charge is 0.340 e. The van der Waals surface area contributed by atoms with Gasteiger partial charge in [-0.05, 0) is 26.7 Å². The molecule has 1 rings (SSSR count). The van der Waals surface area contributed by atoms with Crippen molar-refractivity contribution in [2.75, 3.05) is 0 Å². The summed E-state index contributed by atoms with van der Waals surface area (Å²) in [5, 5.41) is 11.0. The number of rotatable bonds is 3. The first-order valence-corrected chi connectivity index (χ1v) is 4.24. The van der Waals surface area contributed by atoms with Crippen LogP contribution in [0.15, 0.2) is 0 Å². The van der Waals surface area contributed by atoms with Gasteiger partial charge in [-0.2, -0.15) is 5.26 Å². The van der Waals surface area contributed by atoms with Gasteiger partial charge in [0, 0.05) is 0 Å². The Morgan fingerprint density at radius 1 is 1.54 bits per heavy atom. The minimum Gasteiger partial charge on any atom is -0.340 e. The maximum atomic E-state index is 11.5. The molecule has 0 aromatic rings. The SMILES string of the molecule is CC(=O)C1(C(=O)NC(C)C#N)CC1. The number of carbonyl (C=O) groups is 2. The molecular weight excluding hydrogens is 168 g/mol. The van der Waals surface area contributed by atoms with Gasteiger partial charge in [0.2, 0.25) is 5.91 Å². The molecule has 70 valence electrons. The fraction of sp³-hybridized carbons (Fsp3) is 0.667. The van der Waals surface area contributed by atoms with E-state index < -0.39 is 11.5 Å². The highest BCUT2D eigenvalue weighted by molar-refractivity contribution is 6.07. The lowest BCUT2D eigenvalue weighted by atomic mass is 10.0. The summed E-state index contributed by atoms with van der Waals surface area (Å²) in [6, 6.07) is 1.37. The Balaban J connectivity index is 2.60. The number of amides is 1. The highest BCUT2D eigenvalue weighted by Gasteiger charge is 2.54. The third-order valence-corrected chi connectivity index (χ3v) is 2.40. The van der Waals surface area contributed by atoms with Crippen LogP contribution in [0.4, 0.5) is 0 Å². The number of Topliss-reactive ketones (excluding diaryl/α,β-unsaturated/α-hetero) is 1. The van der Waals surface area contributed by atoms with E-state index in [0.717, 1.165) is 0 Å². The van der Waals surface area contributed by atoms with Crippen LogP contribution in [-0.4, -0.2) is 17.7 Å². The van der Waals surface area contributed by atoms with Gasteiger partial charge in [0.25, 0.3) is 0 Å². The molecule has 0 spiro atoms. The summed E-state index contributed by atoms with van der Waals surface area (Å²) >= 11 is 0. The summed E-state index contributed by atoms with van der Waals surface area (Å²) < 4.78 is 0. The van der Waals surface area contributed by atoms with Crippen molar-refractivity contribution in [3.05, 3.63) is 0 Å². The summed E-state index contributed by atoms with van der Waals surface area (Å²) in [5.74, 6) is -0.399. The molecule has 0 aromatic carbocycles. The van der Waals surface area contributed by atoms with E-state index in [1.54, 1.807) is 6.92 Å². The smallest absolute Gasteiger partial charge is 0.234 e. The molecule has 1 amide bonds. The van der Waals surface area contributed by atoms with Gasteiger partial charge in [-0.25, -0.2) is 0 Å². The topological polar surface area (TPSA) is 70.0 Å². The molecule has 0 radical (unpaired) electrons. The Morgan fingerprint density at radius 3 is 2.38 bits per heavy atom. The van der Waals surface area contributed by atoms with Crippen molar-refractivity contribution in [2.24, 2.45) is 5.41 Å². The molecule has 1 aliphatic rings. The summed E-state index contributed by atoms with van der Waals surface area (Å²) in [5.41, 5.74) is -0.800. The number of hydrogen-bond donors (Lipinski definition) is 1. The maximum absolute atomic E-state index is 11.5. The van der Waals surface area contributed by atoms with Gasteiger partial charge >= 0.3 is 0 Å². The predicted molar refractivity (Wildman–Crippen MR) is 45.6 cm³/mol. The van der Waals surface area contributed by atoms with E-state index in [0.29, 0.717) is 12.8 Å². The highest BCUT2D eigenvalue weighted by atomic mass is 16.2. The average Bonchev–Trinajstić information content (AvgIpc) is 2.83. The molecule has 0 bridgehead atoms. The van der Waals surface area contributed by atoms with E-state index in [1.165, 1.54) is 6.92 Å². The standard InChI is InChI=1S/C9H12N2O2/c1-6(5-10)11-8(13)9(3-4-9)7(2)12/h6H,3-4H2,1-2H3,(H,11,13). The summed E-state index contributed by atoms with van der Waals surface area (Å²) in [7, 11) is 0. The normalized spacial score (nSPS) is 19.8. The van der Waals surface area contributed by atoms with Gasteiger partial charge in [0.1, 0.15) is 17.2 Å². The molecule has 1 fully saturated rings. The van der Waals surface area contributed by atoms with Crippen molar-refractivity contribution in [1.82, 2.24) is 5.32 Å². The van der Waals surface area contributed by atoms with E-state index in [9.17, 15) is 9.59 Å². The zero-order valence-electron chi connectivity index (χ0n) is 7.76. The molecule has 1 N–H and O–H groups in total. The summed E-state index contributed by atoms with van der Waals surface area (Å²) in [6.07, 6.45) is 1.23. The van der Waals surface area contributed by atoms with Crippen LogP contribution in [0.1, 0.15) is 26.7 Å². The van der Waals surface area contributed by atoms with Gasteiger partial charge in [-0.3, -0.25) is 9.59 Å². The highest BCUT2D eigenvalue weighted by Crippen LogP contribution is 2.46. The van der Waals surface area contributed by atoms with Crippen molar-refractivity contribution in [3.8, 4) is 6.07 Å². The quantitative estimate of drug-likeness (QED) is 0.638. The molecule has 0 aliphatic heterocycles. The molecular formula is C9H12N2O2. The second kappa shape index (κ2) is 3.17. The molecule has 13 heavy (non-hydrogen) atoms. The van der Waals surface area contributed by atoms with E-state index in [1.807, 2.05) is 6.07 Å². The molecule has 0 saturated heterocycles. The average molecular weight is 180 g/mol. The Morgan fingerprint density at radius 2 is 2.08 bits per heavy atom. The zero-order chi connectivity index (χ0) is 10.1. The number of carbonyl (C=O) groups excluding carboxylic acids is 2. The zero-order valence-corrected chi connectivity index (χ0v) is 7.76. The van der Waals surface area contributed by atoms with Crippen LogP contribution >= 0.6 is 0 Å². The first-order valence-electron chi connectivity index (χ1n) is 4.24. The van der Waals surface area contributed by atoms with E-state index in [2.05, 4.69) is 5.32 Å². The van der Waals surface area contributed by atoms with Crippen molar-refractivity contribution in [1.29, 1.82) is 5.26 Å². The van der Waals surface area contributed by atoms with Crippen LogP contribution in [0.25, 0.3) is 0 Å². The third-order valence-electron chi connectivity index (χ3n) is 2.40. The van der Waals surface area contributed by atoms with E-state index >= 15 is 0 Å². The fourth-order valence-electron chi connectivity index (χ4n) is 1.23. The lowest BCUT2D eigenvalue weighted by molar-refractivity contribution is -0.135. The number of hydrogen-bond acceptors (Lipinski definition) is 3. The Labute approximate surface area is 76.9 Å². The fourth-order valence-corrected chi connectivity index (χ4v) is 1.23. The number of nitrogens with one attached hydrogen (secondary N) is 1. The molecule has 1 aliphatic carbocycles. The van der Waals surface area contributed by atoms with Crippen LogP contribution in [0.3, 0.4) is 0 Å². The van der Waals surface area contributed by atoms with Crippen LogP contribution in [0.2, 0.25) is 0 Å². The van der Waals surface area contributed by atoms with Crippen molar-refractivity contribution < 1.29 is 9.59 Å². The van der Waals surface area contributed by atoms with Gasteiger partial charge in [-0.1, -0.05) is 0 Å². The lowest BCUT2D eigenvalue weighted by Gasteiger charge is -2.12. The first-order chi connectivity index (χ1) is 6.03. The minimum atomic E-state index is -0.800. The summed E-state index contributed by atoms with van der Waals surface area (Å²) in [6.45, 7) is 3.01. The number of nitrogens with zero attached hydrogens (tertiary/aromatic N) is 1. The molecule has 1 atom stereocenters. The lowest BCUT2D eigenvalue weighted by Crippen LogP contribution is -2.40. The second-order valence-corrected chi connectivity index (χ2v) is 3.46. The van der Waals surface area contributed by atoms with Gasteiger partial charge in [0.05, 0.1) is 6.07 Å². The molecule has 1 unspecified atom stereocenters. The Kier molecular flexibility index (Phi) is 2.37. The molecule has 4 nitrogen and oxygen atoms in total. The Bertz CT molecular complexity index is 286. The van der Waals surface area contributed by atoms with Crippen molar-refractivity contribution >= 4 is 11.7 Å². The number of nitriles is 1. The molecule has 4 heteroatoms. The monoisotopic (exact) mass is 180 g/mol. The van der Waals surface area contributed by atoms with E-state index in [-0.39, 0.29) is 11.7 Å². The van der Waals surface area contributed by atoms with Crippen molar-refractivity contribution in [2.45, 2.75) is 32.7 Å². The molecule has 1 saturated carbocycles. The molecule has 0 heterocycles. The van der Waals surface area contributed by atoms with Crippen LogP contribution in [0.5, 0.6) is 0 Å². The van der Waals surface area contributed by atoms with Crippen LogP contribution in [0, 0.1) is 16.7 Å². The summed E-state index contributed by atoms with van der Waals surface area (Å²) in [4.78, 5) is 22.6. The van der Waals surface area contributed by atoms with Crippen LogP contribution in [-0.2, 0) is 9.59 Å². The minimum absolute atomic E-state index is 0.102. The maximum Gasteiger partial charge on any atom is 0.234 e. The van der Waals surface area contributed by atoms with Crippen molar-refractivity contribution in [3.63, 3.8) is 0 Å². The van der Waals surface area contributed by atoms with Crippen LogP contribution < -0.4 is 5.32 Å². The van der Waals surface area contributed by atoms with Gasteiger partial charge in [0.15, 0.2) is 0 Å². The van der Waals surface area contributed by atoms with E-state index in [4.69, 9.17) is 5.26 Å². The third kappa shape index (κ3) is 1.69. The predicted octanol–water partition coefficient (Wildman–Crippen LogP) is 0.384. The second-order valence-electron chi connectivity index (χ2n) is 3.46. The van der Waals surface area contributed by atoms with Gasteiger partial charge in [-0.15, -0.1) is 0 Å².